The average molecular weight is 211 g/mol. The van der Waals surface area contributed by atoms with Crippen molar-refractivity contribution in [3.63, 3.8) is 0 Å². The first-order chi connectivity index (χ1) is 7.00. The number of anilines is 1. The molecule has 0 radical (unpaired) electrons. The van der Waals surface area contributed by atoms with Crippen LogP contribution in [-0.4, -0.2) is 16.9 Å². The molecule has 3 N–H and O–H groups in total. The fourth-order valence-corrected chi connectivity index (χ4v) is 0.962. The molecule has 1 atom stereocenters. The summed E-state index contributed by atoms with van der Waals surface area (Å²) in [4.78, 5) is 15.2. The first kappa shape index (κ1) is 11.6. The number of nitrogens with one attached hydrogen (secondary N) is 1. The molecule has 5 heteroatoms. The van der Waals surface area contributed by atoms with Crippen LogP contribution in [0.25, 0.3) is 0 Å². The highest BCUT2D eigenvalue weighted by atomic mass is 19.1. The molecule has 1 rings (SSSR count). The van der Waals surface area contributed by atoms with Gasteiger partial charge in [-0.25, -0.2) is 9.37 Å². The molecule has 0 saturated heterocycles. The molecular formula is C10H14FN3O. The topological polar surface area (TPSA) is 68.0 Å². The molecule has 0 aliphatic rings. The number of pyridine rings is 1. The van der Waals surface area contributed by atoms with Crippen LogP contribution in [0.1, 0.15) is 13.8 Å². The Balaban J connectivity index is 2.62. The summed E-state index contributed by atoms with van der Waals surface area (Å²) in [7, 11) is 0. The summed E-state index contributed by atoms with van der Waals surface area (Å²) < 4.78 is 12.5. The Morgan fingerprint density at radius 3 is 2.67 bits per heavy atom. The van der Waals surface area contributed by atoms with E-state index in [0.29, 0.717) is 5.82 Å². The van der Waals surface area contributed by atoms with E-state index in [4.69, 9.17) is 5.73 Å². The maximum absolute atomic E-state index is 12.5. The number of carbonyl (C=O) groups excluding carboxylic acids is 1. The van der Waals surface area contributed by atoms with E-state index in [1.807, 2.05) is 13.8 Å². The third-order valence-corrected chi connectivity index (χ3v) is 2.00. The van der Waals surface area contributed by atoms with E-state index in [1.165, 1.54) is 12.1 Å². The molecule has 0 aliphatic carbocycles. The van der Waals surface area contributed by atoms with Crippen molar-refractivity contribution in [3.8, 4) is 0 Å². The van der Waals surface area contributed by atoms with E-state index in [0.717, 1.165) is 6.20 Å². The Hall–Kier alpha value is -1.49. The molecule has 0 aliphatic heterocycles. The largest absolute Gasteiger partial charge is 0.320 e. The van der Waals surface area contributed by atoms with Crippen molar-refractivity contribution in [2.45, 2.75) is 19.9 Å². The molecule has 82 valence electrons. The molecule has 0 spiro atoms. The van der Waals surface area contributed by atoms with Crippen LogP contribution in [-0.2, 0) is 4.79 Å². The van der Waals surface area contributed by atoms with Crippen LogP contribution in [0.5, 0.6) is 0 Å². The van der Waals surface area contributed by atoms with Gasteiger partial charge in [0.15, 0.2) is 0 Å². The van der Waals surface area contributed by atoms with Crippen molar-refractivity contribution < 1.29 is 9.18 Å². The molecule has 1 heterocycles. The van der Waals surface area contributed by atoms with Gasteiger partial charge in [0, 0.05) is 0 Å². The minimum atomic E-state index is -0.586. The lowest BCUT2D eigenvalue weighted by Crippen LogP contribution is -2.39. The first-order valence-electron chi connectivity index (χ1n) is 4.68. The Morgan fingerprint density at radius 1 is 1.53 bits per heavy atom. The summed E-state index contributed by atoms with van der Waals surface area (Å²) in [5.74, 6) is -0.409. The number of carbonyl (C=O) groups is 1. The number of hydrogen-bond donors (Lipinski definition) is 2. The summed E-state index contributed by atoms with van der Waals surface area (Å²) >= 11 is 0. The van der Waals surface area contributed by atoms with Gasteiger partial charge in [0.1, 0.15) is 11.6 Å². The molecule has 0 bridgehead atoms. The fourth-order valence-electron chi connectivity index (χ4n) is 0.962. The van der Waals surface area contributed by atoms with Gasteiger partial charge < -0.3 is 11.1 Å². The van der Waals surface area contributed by atoms with Crippen LogP contribution in [0.4, 0.5) is 10.2 Å². The highest BCUT2D eigenvalue weighted by molar-refractivity contribution is 5.93. The van der Waals surface area contributed by atoms with Crippen LogP contribution in [0.15, 0.2) is 18.3 Å². The molecule has 0 fully saturated rings. The van der Waals surface area contributed by atoms with Gasteiger partial charge in [-0.3, -0.25) is 4.79 Å². The molecule has 4 nitrogen and oxygen atoms in total. The van der Waals surface area contributed by atoms with Gasteiger partial charge in [0.05, 0.1) is 12.2 Å². The quantitative estimate of drug-likeness (QED) is 0.787. The van der Waals surface area contributed by atoms with Crippen molar-refractivity contribution in [2.75, 3.05) is 5.32 Å². The minimum absolute atomic E-state index is 0.0467. The normalized spacial score (nSPS) is 12.6. The Bertz CT molecular complexity index is 337. The molecule has 1 aromatic heterocycles. The van der Waals surface area contributed by atoms with E-state index in [2.05, 4.69) is 10.3 Å². The summed E-state index contributed by atoms with van der Waals surface area (Å²) in [6.07, 6.45) is 1.04. The predicted molar refractivity (Wildman–Crippen MR) is 55.6 cm³/mol. The Labute approximate surface area is 87.7 Å². The number of amides is 1. The number of halogens is 1. The van der Waals surface area contributed by atoms with E-state index in [9.17, 15) is 9.18 Å². The first-order valence-corrected chi connectivity index (χ1v) is 4.68. The molecule has 0 aromatic carbocycles. The van der Waals surface area contributed by atoms with E-state index in [1.54, 1.807) is 0 Å². The highest BCUT2D eigenvalue weighted by Crippen LogP contribution is 2.06. The lowest BCUT2D eigenvalue weighted by molar-refractivity contribution is -0.118. The van der Waals surface area contributed by atoms with Gasteiger partial charge in [-0.15, -0.1) is 0 Å². The maximum Gasteiger partial charge on any atom is 0.242 e. The minimum Gasteiger partial charge on any atom is -0.320 e. The van der Waals surface area contributed by atoms with Gasteiger partial charge in [-0.05, 0) is 18.1 Å². The van der Waals surface area contributed by atoms with Gasteiger partial charge in [0.2, 0.25) is 5.91 Å². The summed E-state index contributed by atoms with van der Waals surface area (Å²) in [6, 6.07) is 2.03. The van der Waals surface area contributed by atoms with Crippen molar-refractivity contribution in [2.24, 2.45) is 11.7 Å². The number of aromatic nitrogens is 1. The summed E-state index contributed by atoms with van der Waals surface area (Å²) in [5.41, 5.74) is 5.62. The zero-order valence-corrected chi connectivity index (χ0v) is 8.70. The third kappa shape index (κ3) is 3.28. The molecule has 15 heavy (non-hydrogen) atoms. The monoisotopic (exact) mass is 211 g/mol. The van der Waals surface area contributed by atoms with E-state index >= 15 is 0 Å². The number of nitrogens with zero attached hydrogens (tertiary/aromatic N) is 1. The average Bonchev–Trinajstić information content (AvgIpc) is 2.20. The van der Waals surface area contributed by atoms with Crippen molar-refractivity contribution in [3.05, 3.63) is 24.1 Å². The van der Waals surface area contributed by atoms with Crippen molar-refractivity contribution in [1.29, 1.82) is 0 Å². The van der Waals surface area contributed by atoms with Gasteiger partial charge in [-0.2, -0.15) is 0 Å². The van der Waals surface area contributed by atoms with Crippen LogP contribution in [0.2, 0.25) is 0 Å². The number of nitrogens with two attached hydrogens (primary N) is 1. The fraction of sp³-hybridized carbons (Fsp3) is 0.400. The zero-order valence-electron chi connectivity index (χ0n) is 8.70. The third-order valence-electron chi connectivity index (χ3n) is 2.00. The SMILES string of the molecule is CC(C)C(N)C(=O)Nc1ccc(F)cn1. The van der Waals surface area contributed by atoms with Crippen LogP contribution in [0, 0.1) is 11.7 Å². The second kappa shape index (κ2) is 4.84. The second-order valence-corrected chi connectivity index (χ2v) is 3.62. The highest BCUT2D eigenvalue weighted by Gasteiger charge is 2.17. The van der Waals surface area contributed by atoms with Crippen molar-refractivity contribution in [1.82, 2.24) is 4.98 Å². The summed E-state index contributed by atoms with van der Waals surface area (Å²) in [5, 5.41) is 2.51. The van der Waals surface area contributed by atoms with Crippen molar-refractivity contribution >= 4 is 11.7 Å². The molecular weight excluding hydrogens is 197 g/mol. The second-order valence-electron chi connectivity index (χ2n) is 3.62. The van der Waals surface area contributed by atoms with E-state index in [-0.39, 0.29) is 11.8 Å². The zero-order chi connectivity index (χ0) is 11.4. The predicted octanol–water partition coefficient (Wildman–Crippen LogP) is 1.14. The molecule has 1 aromatic rings. The van der Waals surface area contributed by atoms with Crippen LogP contribution < -0.4 is 11.1 Å². The number of rotatable bonds is 3. The van der Waals surface area contributed by atoms with Crippen LogP contribution >= 0.6 is 0 Å². The Kier molecular flexibility index (Phi) is 3.74. The van der Waals surface area contributed by atoms with Gasteiger partial charge in [-0.1, -0.05) is 13.8 Å². The lowest BCUT2D eigenvalue weighted by atomic mass is 10.1. The molecule has 1 unspecified atom stereocenters. The van der Waals surface area contributed by atoms with E-state index < -0.39 is 11.9 Å². The Morgan fingerprint density at radius 2 is 2.20 bits per heavy atom. The van der Waals surface area contributed by atoms with Gasteiger partial charge >= 0.3 is 0 Å². The molecule has 1 amide bonds. The number of hydrogen-bond acceptors (Lipinski definition) is 3. The molecule has 0 saturated carbocycles. The summed E-state index contributed by atoms with van der Waals surface area (Å²) in [6.45, 7) is 3.70. The van der Waals surface area contributed by atoms with Crippen LogP contribution in [0.3, 0.4) is 0 Å². The lowest BCUT2D eigenvalue weighted by Gasteiger charge is -2.14. The maximum atomic E-state index is 12.5. The standard InChI is InChI=1S/C10H14FN3O/c1-6(2)9(12)10(15)14-8-4-3-7(11)5-13-8/h3-6,9H,12H2,1-2H3,(H,13,14,15). The van der Waals surface area contributed by atoms with Gasteiger partial charge in [0.25, 0.3) is 0 Å². The smallest absolute Gasteiger partial charge is 0.242 e.